The fourth-order valence-electron chi connectivity index (χ4n) is 2.07. The monoisotopic (exact) mass is 220 g/mol. The zero-order valence-electron chi connectivity index (χ0n) is 9.86. The highest BCUT2D eigenvalue weighted by molar-refractivity contribution is 5.07. The van der Waals surface area contributed by atoms with E-state index in [1.807, 2.05) is 18.3 Å². The number of pyridine rings is 1. The van der Waals surface area contributed by atoms with Crippen LogP contribution < -0.4 is 5.32 Å². The second-order valence-corrected chi connectivity index (χ2v) is 4.35. The third kappa shape index (κ3) is 3.29. The molecule has 2 rings (SSSR count). The third-order valence-electron chi connectivity index (χ3n) is 3.07. The van der Waals surface area contributed by atoms with Gasteiger partial charge < -0.3 is 10.1 Å². The van der Waals surface area contributed by atoms with Gasteiger partial charge in [0.15, 0.2) is 0 Å². The van der Waals surface area contributed by atoms with Crippen molar-refractivity contribution in [1.29, 1.82) is 0 Å². The Balaban J connectivity index is 1.69. The molecule has 1 unspecified atom stereocenters. The Kier molecular flexibility index (Phi) is 4.31. The normalized spacial score (nSPS) is 22.2. The van der Waals surface area contributed by atoms with Gasteiger partial charge in [0.25, 0.3) is 0 Å². The van der Waals surface area contributed by atoms with Gasteiger partial charge in [-0.1, -0.05) is 6.07 Å². The molecule has 16 heavy (non-hydrogen) atoms. The van der Waals surface area contributed by atoms with Crippen LogP contribution in [0.4, 0.5) is 0 Å². The van der Waals surface area contributed by atoms with Gasteiger partial charge in [-0.2, -0.15) is 0 Å². The summed E-state index contributed by atoms with van der Waals surface area (Å²) in [6.45, 7) is 4.10. The van der Waals surface area contributed by atoms with Crippen LogP contribution >= 0.6 is 0 Å². The molecule has 1 aromatic rings. The highest BCUT2D eigenvalue weighted by atomic mass is 16.5. The molecule has 0 amide bonds. The summed E-state index contributed by atoms with van der Waals surface area (Å²) in [6, 6.07) is 6.36. The lowest BCUT2D eigenvalue weighted by atomic mass is 10.1. The predicted octanol–water partition coefficient (Wildman–Crippen LogP) is 2.30. The number of ether oxygens (including phenoxy) is 1. The van der Waals surface area contributed by atoms with Crippen molar-refractivity contribution < 1.29 is 4.74 Å². The molecule has 0 saturated carbocycles. The first-order valence-electron chi connectivity index (χ1n) is 6.12. The Morgan fingerprint density at radius 2 is 2.50 bits per heavy atom. The van der Waals surface area contributed by atoms with Gasteiger partial charge in [0.05, 0.1) is 11.8 Å². The van der Waals surface area contributed by atoms with Gasteiger partial charge in [-0.3, -0.25) is 4.98 Å². The zero-order valence-corrected chi connectivity index (χ0v) is 9.86. The van der Waals surface area contributed by atoms with Crippen molar-refractivity contribution in [2.45, 2.75) is 38.3 Å². The van der Waals surface area contributed by atoms with Gasteiger partial charge in [0, 0.05) is 18.8 Å². The molecule has 2 atom stereocenters. The second-order valence-electron chi connectivity index (χ2n) is 4.35. The highest BCUT2D eigenvalue weighted by Gasteiger charge is 2.15. The molecule has 1 aromatic heterocycles. The Labute approximate surface area is 97.2 Å². The van der Waals surface area contributed by atoms with Crippen molar-refractivity contribution in [3.05, 3.63) is 30.1 Å². The molecule has 1 N–H and O–H groups in total. The molecular formula is C13H20N2O. The fourth-order valence-corrected chi connectivity index (χ4v) is 2.07. The van der Waals surface area contributed by atoms with Gasteiger partial charge in [-0.15, -0.1) is 0 Å². The zero-order chi connectivity index (χ0) is 11.2. The molecule has 88 valence electrons. The van der Waals surface area contributed by atoms with Crippen LogP contribution in [0.15, 0.2) is 24.4 Å². The minimum absolute atomic E-state index is 0.322. The summed E-state index contributed by atoms with van der Waals surface area (Å²) in [6.07, 6.45) is 5.87. The summed E-state index contributed by atoms with van der Waals surface area (Å²) in [5.41, 5.74) is 1.11. The molecular weight excluding hydrogens is 200 g/mol. The first kappa shape index (κ1) is 11.6. The smallest absolute Gasteiger partial charge is 0.0588 e. The minimum Gasteiger partial charge on any atom is -0.378 e. The van der Waals surface area contributed by atoms with E-state index >= 15 is 0 Å². The van der Waals surface area contributed by atoms with Crippen LogP contribution in [0, 0.1) is 0 Å². The van der Waals surface area contributed by atoms with E-state index in [4.69, 9.17) is 4.74 Å². The summed E-state index contributed by atoms with van der Waals surface area (Å²) in [5, 5.41) is 3.48. The van der Waals surface area contributed by atoms with Crippen LogP contribution in [0.5, 0.6) is 0 Å². The summed E-state index contributed by atoms with van der Waals surface area (Å²) < 4.78 is 5.58. The van der Waals surface area contributed by atoms with Crippen LogP contribution in [0.3, 0.4) is 0 Å². The largest absolute Gasteiger partial charge is 0.378 e. The third-order valence-corrected chi connectivity index (χ3v) is 3.07. The summed E-state index contributed by atoms with van der Waals surface area (Å²) >= 11 is 0. The van der Waals surface area contributed by atoms with Crippen molar-refractivity contribution >= 4 is 0 Å². The van der Waals surface area contributed by atoms with E-state index in [-0.39, 0.29) is 0 Å². The lowest BCUT2D eigenvalue weighted by Gasteiger charge is -2.15. The molecule has 1 fully saturated rings. The first-order valence-corrected chi connectivity index (χ1v) is 6.12. The van der Waals surface area contributed by atoms with E-state index in [0.717, 1.165) is 25.3 Å². The first-order chi connectivity index (χ1) is 7.86. The number of nitrogens with zero attached hydrogens (tertiary/aromatic N) is 1. The maximum Gasteiger partial charge on any atom is 0.0588 e. The molecule has 1 aliphatic heterocycles. The van der Waals surface area contributed by atoms with Crippen LogP contribution in [0.1, 0.15) is 37.9 Å². The summed E-state index contributed by atoms with van der Waals surface area (Å²) in [4.78, 5) is 4.34. The molecule has 3 heteroatoms. The lowest BCUT2D eigenvalue weighted by Crippen LogP contribution is -2.23. The molecule has 3 nitrogen and oxygen atoms in total. The van der Waals surface area contributed by atoms with Crippen LogP contribution in [-0.2, 0) is 4.74 Å². The average Bonchev–Trinajstić information content (AvgIpc) is 2.83. The van der Waals surface area contributed by atoms with Crippen molar-refractivity contribution in [2.75, 3.05) is 13.2 Å². The van der Waals surface area contributed by atoms with E-state index in [1.165, 1.54) is 12.8 Å². The Morgan fingerprint density at radius 3 is 3.19 bits per heavy atom. The van der Waals surface area contributed by atoms with E-state index in [0.29, 0.717) is 12.1 Å². The number of hydrogen-bond acceptors (Lipinski definition) is 3. The predicted molar refractivity (Wildman–Crippen MR) is 64.2 cm³/mol. The number of rotatable bonds is 5. The maximum absolute atomic E-state index is 5.58. The Bertz CT molecular complexity index is 296. The van der Waals surface area contributed by atoms with Crippen molar-refractivity contribution in [3.63, 3.8) is 0 Å². The average molecular weight is 220 g/mol. The minimum atomic E-state index is 0.322. The van der Waals surface area contributed by atoms with Gasteiger partial charge in [0.2, 0.25) is 0 Å². The fraction of sp³-hybridized carbons (Fsp3) is 0.615. The Morgan fingerprint density at radius 1 is 1.56 bits per heavy atom. The number of hydrogen-bond donors (Lipinski definition) is 1. The van der Waals surface area contributed by atoms with E-state index in [9.17, 15) is 0 Å². The van der Waals surface area contributed by atoms with E-state index < -0.39 is 0 Å². The molecule has 0 radical (unpaired) electrons. The molecule has 1 aliphatic rings. The van der Waals surface area contributed by atoms with Gasteiger partial charge in [-0.05, 0) is 44.9 Å². The number of aromatic nitrogens is 1. The van der Waals surface area contributed by atoms with Crippen LogP contribution in [-0.4, -0.2) is 24.2 Å². The molecule has 0 aliphatic carbocycles. The van der Waals surface area contributed by atoms with E-state index in [1.54, 1.807) is 0 Å². The Hall–Kier alpha value is -0.930. The second kappa shape index (κ2) is 5.97. The van der Waals surface area contributed by atoms with Gasteiger partial charge in [0.1, 0.15) is 0 Å². The molecule has 1 saturated heterocycles. The standard InChI is InChI=1S/C13H20N2O/c1-11(13-6-2-3-8-15-13)14-9-7-12-5-4-10-16-12/h2-3,6,8,11-12,14H,4-5,7,9-10H2,1H3/t11-,12?/m0/s1. The van der Waals surface area contributed by atoms with Crippen molar-refractivity contribution in [2.24, 2.45) is 0 Å². The van der Waals surface area contributed by atoms with Crippen LogP contribution in [0.2, 0.25) is 0 Å². The molecule has 0 spiro atoms. The SMILES string of the molecule is C[C@H](NCCC1CCCO1)c1ccccn1. The summed E-state index contributed by atoms with van der Waals surface area (Å²) in [5.74, 6) is 0. The van der Waals surface area contributed by atoms with Crippen molar-refractivity contribution in [3.8, 4) is 0 Å². The maximum atomic E-state index is 5.58. The molecule has 0 bridgehead atoms. The highest BCUT2D eigenvalue weighted by Crippen LogP contribution is 2.15. The van der Waals surface area contributed by atoms with Gasteiger partial charge >= 0.3 is 0 Å². The molecule has 0 aromatic carbocycles. The van der Waals surface area contributed by atoms with Crippen molar-refractivity contribution in [1.82, 2.24) is 10.3 Å². The van der Waals surface area contributed by atoms with Crippen LogP contribution in [0.25, 0.3) is 0 Å². The topological polar surface area (TPSA) is 34.1 Å². The molecule has 2 heterocycles. The lowest BCUT2D eigenvalue weighted by molar-refractivity contribution is 0.103. The van der Waals surface area contributed by atoms with Gasteiger partial charge in [-0.25, -0.2) is 0 Å². The number of nitrogens with one attached hydrogen (secondary N) is 1. The summed E-state index contributed by atoms with van der Waals surface area (Å²) in [7, 11) is 0. The van der Waals surface area contributed by atoms with E-state index in [2.05, 4.69) is 23.3 Å². The quantitative estimate of drug-likeness (QED) is 0.826.